The molecule has 0 spiro atoms. The van der Waals surface area contributed by atoms with E-state index < -0.39 is 0 Å². The molecule has 0 bridgehead atoms. The van der Waals surface area contributed by atoms with E-state index in [1.807, 2.05) is 49.4 Å². The molecule has 0 aliphatic carbocycles. The van der Waals surface area contributed by atoms with E-state index in [-0.39, 0.29) is 12.3 Å². The number of aryl methyl sites for hydroxylation is 1. The van der Waals surface area contributed by atoms with E-state index in [0.29, 0.717) is 22.5 Å². The van der Waals surface area contributed by atoms with Crippen LogP contribution < -0.4 is 4.90 Å². The molecule has 5 rings (SSSR count). The number of carbonyl (C=O) groups is 1. The number of nitrogens with zero attached hydrogens (tertiary/aromatic N) is 2. The topological polar surface area (TPSA) is 46.3 Å². The zero-order valence-electron chi connectivity index (χ0n) is 16.8. The molecule has 0 N–H and O–H groups in total. The molecule has 1 amide bonds. The number of hydrogen-bond acceptors (Lipinski definition) is 4. The van der Waals surface area contributed by atoms with Gasteiger partial charge in [-0.25, -0.2) is 4.98 Å². The van der Waals surface area contributed by atoms with Crippen molar-refractivity contribution >= 4 is 55.0 Å². The highest BCUT2D eigenvalue weighted by molar-refractivity contribution is 7.22. The number of anilines is 1. The van der Waals surface area contributed by atoms with Gasteiger partial charge in [0.15, 0.2) is 5.13 Å². The first-order valence-electron chi connectivity index (χ1n) is 9.94. The number of halogens is 1. The number of thiazole rings is 1. The molecule has 4 nitrogen and oxygen atoms in total. The molecule has 0 aliphatic heterocycles. The third-order valence-corrected chi connectivity index (χ3v) is 6.78. The molecule has 5 aromatic rings. The molecule has 0 atom stereocenters. The minimum atomic E-state index is -0.0329. The summed E-state index contributed by atoms with van der Waals surface area (Å²) in [5, 5.41) is 3.59. The summed E-state index contributed by atoms with van der Waals surface area (Å²) in [6.07, 6.45) is 1.89. The molecule has 0 saturated carbocycles. The summed E-state index contributed by atoms with van der Waals surface area (Å²) in [6, 6.07) is 21.8. The lowest BCUT2D eigenvalue weighted by Gasteiger charge is -2.19. The fourth-order valence-corrected chi connectivity index (χ4v) is 4.84. The average molecular weight is 447 g/mol. The first kappa shape index (κ1) is 19.8. The average Bonchev–Trinajstić information content (AvgIpc) is 3.44. The summed E-state index contributed by atoms with van der Waals surface area (Å²) in [5.74, 6) is 0.676. The van der Waals surface area contributed by atoms with Crippen molar-refractivity contribution in [3.05, 3.63) is 94.9 Å². The molecule has 2 heterocycles. The fourth-order valence-electron chi connectivity index (χ4n) is 3.64. The van der Waals surface area contributed by atoms with Crippen molar-refractivity contribution in [3.63, 3.8) is 0 Å². The van der Waals surface area contributed by atoms with E-state index >= 15 is 0 Å². The summed E-state index contributed by atoms with van der Waals surface area (Å²) in [6.45, 7) is 2.27. The standard InChI is InChI=1S/C25H19ClN2O2S/c1-16-21(26)10-11-22-24(16)27-25(31-22)28(15-20-7-4-12-30-20)23(29)14-17-8-9-18-5-2-3-6-19(18)13-17/h2-13H,14-15H2,1H3. The lowest BCUT2D eigenvalue weighted by molar-refractivity contribution is -0.118. The largest absolute Gasteiger partial charge is 0.467 e. The molecule has 0 fully saturated rings. The quantitative estimate of drug-likeness (QED) is 0.299. The number of aromatic nitrogens is 1. The SMILES string of the molecule is Cc1c(Cl)ccc2sc(N(Cc3ccco3)C(=O)Cc3ccc4ccccc4c3)nc12. The maximum atomic E-state index is 13.4. The number of benzene rings is 3. The Morgan fingerprint density at radius 1 is 1.06 bits per heavy atom. The predicted octanol–water partition coefficient (Wildman–Crippen LogP) is 6.78. The van der Waals surface area contributed by atoms with Crippen molar-refractivity contribution in [2.24, 2.45) is 0 Å². The van der Waals surface area contributed by atoms with Gasteiger partial charge in [0.25, 0.3) is 0 Å². The van der Waals surface area contributed by atoms with Crippen LogP contribution >= 0.6 is 22.9 Å². The molecule has 3 aromatic carbocycles. The van der Waals surface area contributed by atoms with Gasteiger partial charge in [-0.1, -0.05) is 65.4 Å². The number of hydrogen-bond donors (Lipinski definition) is 0. The van der Waals surface area contributed by atoms with Crippen molar-refractivity contribution in [1.82, 2.24) is 4.98 Å². The van der Waals surface area contributed by atoms with Crippen molar-refractivity contribution in [2.45, 2.75) is 19.9 Å². The van der Waals surface area contributed by atoms with Gasteiger partial charge in [0.05, 0.1) is 29.4 Å². The second kappa shape index (κ2) is 8.17. The lowest BCUT2D eigenvalue weighted by Crippen LogP contribution is -2.31. The van der Waals surface area contributed by atoms with Gasteiger partial charge in [-0.2, -0.15) is 0 Å². The van der Waals surface area contributed by atoms with Gasteiger partial charge >= 0.3 is 0 Å². The van der Waals surface area contributed by atoms with Gasteiger partial charge in [0, 0.05) is 5.02 Å². The number of rotatable bonds is 5. The Morgan fingerprint density at radius 2 is 1.90 bits per heavy atom. The maximum absolute atomic E-state index is 13.4. The summed E-state index contributed by atoms with van der Waals surface area (Å²) in [7, 11) is 0. The zero-order valence-corrected chi connectivity index (χ0v) is 18.4. The normalized spacial score (nSPS) is 11.3. The lowest BCUT2D eigenvalue weighted by atomic mass is 10.0. The first-order valence-corrected chi connectivity index (χ1v) is 11.1. The van der Waals surface area contributed by atoms with Crippen LogP contribution in [0.3, 0.4) is 0 Å². The second-order valence-electron chi connectivity index (χ2n) is 7.43. The molecule has 154 valence electrons. The molecule has 31 heavy (non-hydrogen) atoms. The van der Waals surface area contributed by atoms with Gasteiger partial charge in [-0.15, -0.1) is 0 Å². The van der Waals surface area contributed by atoms with Crippen LogP contribution in [0.4, 0.5) is 5.13 Å². The molecular weight excluding hydrogens is 428 g/mol. The Labute approximate surface area is 188 Å². The first-order chi connectivity index (χ1) is 15.1. The van der Waals surface area contributed by atoms with Gasteiger partial charge < -0.3 is 4.42 Å². The molecule has 2 aromatic heterocycles. The Bertz CT molecular complexity index is 1390. The Hall–Kier alpha value is -3.15. The number of carbonyl (C=O) groups excluding carboxylic acids is 1. The highest BCUT2D eigenvalue weighted by Gasteiger charge is 2.22. The van der Waals surface area contributed by atoms with Crippen molar-refractivity contribution in [3.8, 4) is 0 Å². The number of fused-ring (bicyclic) bond motifs is 2. The predicted molar refractivity (Wildman–Crippen MR) is 127 cm³/mol. The van der Waals surface area contributed by atoms with E-state index in [4.69, 9.17) is 21.0 Å². The van der Waals surface area contributed by atoms with E-state index in [2.05, 4.69) is 24.3 Å². The van der Waals surface area contributed by atoms with Crippen molar-refractivity contribution in [1.29, 1.82) is 0 Å². The van der Waals surface area contributed by atoms with Crippen LogP contribution in [0.15, 0.2) is 77.4 Å². The molecule has 6 heteroatoms. The highest BCUT2D eigenvalue weighted by Crippen LogP contribution is 2.34. The van der Waals surface area contributed by atoms with Crippen LogP contribution in [0.1, 0.15) is 16.9 Å². The Morgan fingerprint density at radius 3 is 2.71 bits per heavy atom. The third kappa shape index (κ3) is 3.94. The van der Waals surface area contributed by atoms with Crippen LogP contribution in [0.2, 0.25) is 5.02 Å². The molecule has 0 aliphatic rings. The zero-order chi connectivity index (χ0) is 21.4. The van der Waals surface area contributed by atoms with E-state index in [0.717, 1.165) is 32.1 Å². The summed E-state index contributed by atoms with van der Waals surface area (Å²) >= 11 is 7.76. The van der Waals surface area contributed by atoms with E-state index in [1.54, 1.807) is 11.2 Å². The van der Waals surface area contributed by atoms with E-state index in [1.165, 1.54) is 11.3 Å². The van der Waals surface area contributed by atoms with E-state index in [9.17, 15) is 4.79 Å². The van der Waals surface area contributed by atoms with Gasteiger partial charge in [-0.3, -0.25) is 9.69 Å². The van der Waals surface area contributed by atoms with Crippen LogP contribution in [-0.4, -0.2) is 10.9 Å². The van der Waals surface area contributed by atoms with Gasteiger partial charge in [0.2, 0.25) is 5.91 Å². The van der Waals surface area contributed by atoms with Crippen molar-refractivity contribution < 1.29 is 9.21 Å². The third-order valence-electron chi connectivity index (χ3n) is 5.33. The highest BCUT2D eigenvalue weighted by atomic mass is 35.5. The fraction of sp³-hybridized carbons (Fsp3) is 0.120. The van der Waals surface area contributed by atoms with Gasteiger partial charge in [-0.05, 0) is 53.1 Å². The minimum absolute atomic E-state index is 0.0329. The summed E-state index contributed by atoms with van der Waals surface area (Å²) in [5.41, 5.74) is 2.71. The monoisotopic (exact) mass is 446 g/mol. The number of furan rings is 1. The molecule has 0 unspecified atom stereocenters. The van der Waals surface area contributed by atoms with Crippen molar-refractivity contribution in [2.75, 3.05) is 4.90 Å². The molecule has 0 saturated heterocycles. The Kier molecular flexibility index (Phi) is 5.22. The van der Waals surface area contributed by atoms with Crippen LogP contribution in [0, 0.1) is 6.92 Å². The molecule has 0 radical (unpaired) electrons. The van der Waals surface area contributed by atoms with Crippen LogP contribution in [0.5, 0.6) is 0 Å². The summed E-state index contributed by atoms with van der Waals surface area (Å²) < 4.78 is 6.52. The minimum Gasteiger partial charge on any atom is -0.467 e. The Balaban J connectivity index is 1.50. The van der Waals surface area contributed by atoms with Crippen LogP contribution in [-0.2, 0) is 17.8 Å². The summed E-state index contributed by atoms with van der Waals surface area (Å²) in [4.78, 5) is 19.9. The second-order valence-corrected chi connectivity index (χ2v) is 8.85. The maximum Gasteiger partial charge on any atom is 0.233 e. The number of amides is 1. The van der Waals surface area contributed by atoms with Crippen LogP contribution in [0.25, 0.3) is 21.0 Å². The van der Waals surface area contributed by atoms with Gasteiger partial charge in [0.1, 0.15) is 5.76 Å². The smallest absolute Gasteiger partial charge is 0.233 e. The molecular formula is C25H19ClN2O2S.